The lowest BCUT2D eigenvalue weighted by Crippen LogP contribution is -2.48. The van der Waals surface area contributed by atoms with Crippen LogP contribution in [-0.2, 0) is 14.3 Å². The van der Waals surface area contributed by atoms with Crippen molar-refractivity contribution in [1.29, 1.82) is 0 Å². The normalized spacial score (nSPS) is 31.6. The number of carboxylic acids is 1. The molecule has 5 heteroatoms. The summed E-state index contributed by atoms with van der Waals surface area (Å²) < 4.78 is 5.07. The van der Waals surface area contributed by atoms with Crippen molar-refractivity contribution < 1.29 is 19.4 Å². The van der Waals surface area contributed by atoms with Gasteiger partial charge in [0.2, 0.25) is 0 Å². The summed E-state index contributed by atoms with van der Waals surface area (Å²) in [7, 11) is 0. The summed E-state index contributed by atoms with van der Waals surface area (Å²) in [4.78, 5) is 23.8. The van der Waals surface area contributed by atoms with Crippen LogP contribution in [0.4, 0.5) is 0 Å². The van der Waals surface area contributed by atoms with E-state index in [1.165, 1.54) is 12.8 Å². The second-order valence-corrected chi connectivity index (χ2v) is 4.70. The molecule has 0 aromatic carbocycles. The van der Waals surface area contributed by atoms with Crippen LogP contribution in [0.5, 0.6) is 0 Å². The van der Waals surface area contributed by atoms with Crippen LogP contribution >= 0.6 is 0 Å². The molecule has 0 radical (unpaired) electrons. The maximum atomic E-state index is 11.2. The predicted molar refractivity (Wildman–Crippen MR) is 60.4 cm³/mol. The Morgan fingerprint density at radius 2 is 2.00 bits per heavy atom. The maximum Gasteiger partial charge on any atom is 0.331 e. The van der Waals surface area contributed by atoms with Gasteiger partial charge in [0.15, 0.2) is 0 Å². The van der Waals surface area contributed by atoms with Crippen LogP contribution in [-0.4, -0.2) is 48.2 Å². The molecule has 0 aromatic rings. The molecule has 3 rings (SSSR count). The van der Waals surface area contributed by atoms with Gasteiger partial charge in [-0.25, -0.2) is 9.59 Å². The van der Waals surface area contributed by atoms with Crippen molar-refractivity contribution in [2.45, 2.75) is 12.8 Å². The van der Waals surface area contributed by atoms with Crippen molar-refractivity contribution in [3.8, 4) is 0 Å². The molecule has 3 aliphatic rings. The number of hydrogen-bond donors (Lipinski definition) is 1. The highest BCUT2D eigenvalue weighted by molar-refractivity contribution is 5.90. The summed E-state index contributed by atoms with van der Waals surface area (Å²) in [6, 6.07) is 0. The standard InChI is InChI=1S/C12H17NO4/c14-11(15)1-2-12(16)17-8-10-7-13-5-3-9(10)4-6-13/h1-2,9-10H,3-8H2,(H,14,15)/b2-1+. The average Bonchev–Trinajstić information content (AvgIpc) is 2.35. The summed E-state index contributed by atoms with van der Waals surface area (Å²) in [5.41, 5.74) is 0. The fourth-order valence-electron chi connectivity index (χ4n) is 2.65. The highest BCUT2D eigenvalue weighted by Crippen LogP contribution is 2.32. The number of esters is 1. The molecule has 3 aliphatic heterocycles. The van der Waals surface area contributed by atoms with E-state index in [0.717, 1.165) is 31.8 Å². The molecule has 3 fully saturated rings. The molecule has 0 aromatic heterocycles. The van der Waals surface area contributed by atoms with E-state index >= 15 is 0 Å². The second kappa shape index (κ2) is 5.31. The lowest BCUT2D eigenvalue weighted by Gasteiger charge is -2.44. The molecule has 3 heterocycles. The third-order valence-electron chi connectivity index (χ3n) is 3.59. The van der Waals surface area contributed by atoms with Gasteiger partial charge in [-0.2, -0.15) is 0 Å². The lowest BCUT2D eigenvalue weighted by atomic mass is 9.79. The van der Waals surface area contributed by atoms with Crippen LogP contribution in [0.15, 0.2) is 12.2 Å². The Labute approximate surface area is 100 Å². The molecule has 1 N–H and O–H groups in total. The molecule has 1 unspecified atom stereocenters. The molecule has 94 valence electrons. The Kier molecular flexibility index (Phi) is 3.78. The predicted octanol–water partition coefficient (Wildman–Crippen LogP) is 0.512. The number of hydrogen-bond acceptors (Lipinski definition) is 4. The van der Waals surface area contributed by atoms with Gasteiger partial charge in [-0.05, 0) is 31.8 Å². The van der Waals surface area contributed by atoms with E-state index in [9.17, 15) is 9.59 Å². The van der Waals surface area contributed by atoms with Gasteiger partial charge in [-0.15, -0.1) is 0 Å². The van der Waals surface area contributed by atoms with E-state index in [4.69, 9.17) is 9.84 Å². The van der Waals surface area contributed by atoms with Gasteiger partial charge in [-0.3, -0.25) is 0 Å². The first-order valence-corrected chi connectivity index (χ1v) is 5.95. The van der Waals surface area contributed by atoms with Crippen molar-refractivity contribution in [2.75, 3.05) is 26.2 Å². The molecule has 0 aliphatic carbocycles. The zero-order valence-electron chi connectivity index (χ0n) is 9.67. The second-order valence-electron chi connectivity index (χ2n) is 4.70. The number of piperidine rings is 3. The van der Waals surface area contributed by atoms with Gasteiger partial charge >= 0.3 is 11.9 Å². The van der Waals surface area contributed by atoms with E-state index in [-0.39, 0.29) is 0 Å². The summed E-state index contributed by atoms with van der Waals surface area (Å²) in [5, 5.41) is 8.36. The van der Waals surface area contributed by atoms with Gasteiger partial charge < -0.3 is 14.7 Å². The summed E-state index contributed by atoms with van der Waals surface area (Å²) in [5.74, 6) is -0.621. The fourth-order valence-corrected chi connectivity index (χ4v) is 2.65. The highest BCUT2D eigenvalue weighted by atomic mass is 16.5. The molecular formula is C12H17NO4. The van der Waals surface area contributed by atoms with E-state index in [1.807, 2.05) is 0 Å². The SMILES string of the molecule is O=C(O)/C=C/C(=O)OCC1CN2CCC1CC2. The number of fused-ring (bicyclic) bond motifs is 3. The van der Waals surface area contributed by atoms with E-state index in [2.05, 4.69) is 4.90 Å². The number of carbonyl (C=O) groups is 2. The maximum absolute atomic E-state index is 11.2. The molecule has 3 saturated heterocycles. The first kappa shape index (κ1) is 12.1. The fraction of sp³-hybridized carbons (Fsp3) is 0.667. The zero-order chi connectivity index (χ0) is 12.3. The molecule has 5 nitrogen and oxygen atoms in total. The number of carboxylic acid groups (broad SMARTS) is 1. The van der Waals surface area contributed by atoms with E-state index in [1.54, 1.807) is 0 Å². The monoisotopic (exact) mass is 239 g/mol. The van der Waals surface area contributed by atoms with Gasteiger partial charge in [0.1, 0.15) is 0 Å². The van der Waals surface area contributed by atoms with Crippen LogP contribution < -0.4 is 0 Å². The molecule has 1 atom stereocenters. The quantitative estimate of drug-likeness (QED) is 0.572. The topological polar surface area (TPSA) is 66.8 Å². The molecule has 2 bridgehead atoms. The van der Waals surface area contributed by atoms with Crippen molar-refractivity contribution in [3.05, 3.63) is 12.2 Å². The molecule has 0 saturated carbocycles. The lowest BCUT2D eigenvalue weighted by molar-refractivity contribution is -0.142. The minimum absolute atomic E-state index is 0.407. The Balaban J connectivity index is 1.75. The molecule has 0 spiro atoms. The van der Waals surface area contributed by atoms with Crippen LogP contribution in [0.1, 0.15) is 12.8 Å². The largest absolute Gasteiger partial charge is 0.478 e. The van der Waals surface area contributed by atoms with Gasteiger partial charge in [0.25, 0.3) is 0 Å². The van der Waals surface area contributed by atoms with Crippen LogP contribution in [0.2, 0.25) is 0 Å². The first-order valence-electron chi connectivity index (χ1n) is 5.95. The van der Waals surface area contributed by atoms with Crippen LogP contribution in [0.25, 0.3) is 0 Å². The zero-order valence-corrected chi connectivity index (χ0v) is 9.67. The third-order valence-corrected chi connectivity index (χ3v) is 3.59. The number of ether oxygens (including phenoxy) is 1. The number of rotatable bonds is 4. The van der Waals surface area contributed by atoms with E-state index < -0.39 is 11.9 Å². The first-order chi connectivity index (χ1) is 8.15. The van der Waals surface area contributed by atoms with Gasteiger partial charge in [0.05, 0.1) is 6.61 Å². The Hall–Kier alpha value is -1.36. The molecule has 17 heavy (non-hydrogen) atoms. The van der Waals surface area contributed by atoms with Crippen molar-refractivity contribution in [3.63, 3.8) is 0 Å². The molecular weight excluding hydrogens is 222 g/mol. The van der Waals surface area contributed by atoms with Crippen molar-refractivity contribution in [2.24, 2.45) is 11.8 Å². The Bertz CT molecular complexity index is 331. The van der Waals surface area contributed by atoms with Crippen molar-refractivity contribution >= 4 is 11.9 Å². The van der Waals surface area contributed by atoms with Gasteiger partial charge in [0, 0.05) is 24.6 Å². The van der Waals surface area contributed by atoms with Crippen LogP contribution in [0.3, 0.4) is 0 Å². The third kappa shape index (κ3) is 3.30. The number of carbonyl (C=O) groups excluding carboxylic acids is 1. The smallest absolute Gasteiger partial charge is 0.331 e. The average molecular weight is 239 g/mol. The van der Waals surface area contributed by atoms with Gasteiger partial charge in [-0.1, -0.05) is 0 Å². The summed E-state index contributed by atoms with van der Waals surface area (Å²) in [6.07, 6.45) is 4.14. The number of nitrogens with zero attached hydrogens (tertiary/aromatic N) is 1. The summed E-state index contributed by atoms with van der Waals surface area (Å²) in [6.45, 7) is 3.73. The minimum Gasteiger partial charge on any atom is -0.478 e. The Morgan fingerprint density at radius 1 is 1.29 bits per heavy atom. The van der Waals surface area contributed by atoms with Crippen molar-refractivity contribution in [1.82, 2.24) is 4.90 Å². The Morgan fingerprint density at radius 3 is 2.53 bits per heavy atom. The highest BCUT2D eigenvalue weighted by Gasteiger charge is 2.34. The minimum atomic E-state index is -1.13. The van der Waals surface area contributed by atoms with Crippen LogP contribution in [0, 0.1) is 11.8 Å². The summed E-state index contributed by atoms with van der Waals surface area (Å²) >= 11 is 0. The molecule has 0 amide bonds. The number of aliphatic carboxylic acids is 1. The van der Waals surface area contributed by atoms with E-state index in [0.29, 0.717) is 18.4 Å².